The van der Waals surface area contributed by atoms with E-state index in [4.69, 9.17) is 19.9 Å². The number of benzene rings is 1. The normalized spacial score (nSPS) is 15.9. The zero-order chi connectivity index (χ0) is 24.9. The summed E-state index contributed by atoms with van der Waals surface area (Å²) in [6, 6.07) is 8.44. The molecule has 194 valence electrons. The molecule has 4 N–H and O–H groups in total. The van der Waals surface area contributed by atoms with Crippen LogP contribution in [0.3, 0.4) is 0 Å². The van der Waals surface area contributed by atoms with Gasteiger partial charge in [-0.1, -0.05) is 45.0 Å². The van der Waals surface area contributed by atoms with Crippen molar-refractivity contribution in [3.63, 3.8) is 0 Å². The van der Waals surface area contributed by atoms with Gasteiger partial charge in [0.25, 0.3) is 0 Å². The molecule has 1 saturated heterocycles. The predicted molar refractivity (Wildman–Crippen MR) is 140 cm³/mol. The molecular formula is C26H42N6O3. The third-order valence-corrected chi connectivity index (χ3v) is 5.77. The number of ether oxygens (including phenoxy) is 3. The monoisotopic (exact) mass is 486 g/mol. The van der Waals surface area contributed by atoms with Gasteiger partial charge in [-0.2, -0.15) is 15.0 Å². The van der Waals surface area contributed by atoms with Gasteiger partial charge in [0.2, 0.25) is 11.9 Å². The predicted octanol–water partition coefficient (Wildman–Crippen LogP) is 3.61. The number of hydrogen-bond donors (Lipinski definition) is 3. The fourth-order valence-electron chi connectivity index (χ4n) is 3.67. The smallest absolute Gasteiger partial charge is 0.228 e. The van der Waals surface area contributed by atoms with E-state index in [1.165, 1.54) is 5.56 Å². The van der Waals surface area contributed by atoms with E-state index in [1.54, 1.807) is 0 Å². The van der Waals surface area contributed by atoms with Crippen LogP contribution in [0.25, 0.3) is 11.4 Å². The maximum absolute atomic E-state index is 5.73. The highest BCUT2D eigenvalue weighted by Crippen LogP contribution is 2.25. The van der Waals surface area contributed by atoms with Gasteiger partial charge in [-0.3, -0.25) is 0 Å². The van der Waals surface area contributed by atoms with Crippen LogP contribution in [-0.2, 0) is 19.6 Å². The van der Waals surface area contributed by atoms with Gasteiger partial charge >= 0.3 is 0 Å². The molecule has 9 nitrogen and oxygen atoms in total. The summed E-state index contributed by atoms with van der Waals surface area (Å²) in [5.41, 5.74) is 7.78. The highest BCUT2D eigenvalue weighted by atomic mass is 16.5. The molecule has 35 heavy (non-hydrogen) atoms. The van der Waals surface area contributed by atoms with Gasteiger partial charge in [-0.25, -0.2) is 0 Å². The average molecular weight is 487 g/mol. The lowest BCUT2D eigenvalue weighted by Crippen LogP contribution is -2.20. The molecule has 0 aliphatic carbocycles. The van der Waals surface area contributed by atoms with Gasteiger partial charge in [-0.15, -0.1) is 0 Å². The minimum Gasteiger partial charge on any atom is -0.379 e. The number of nitrogens with zero attached hydrogens (tertiary/aromatic N) is 3. The standard InChI is InChI=1S/C26H42N6O3/c1-26(2,3)21-10-8-20(9-11-21)23-30-24(28-13-6-15-34-18-17-33-14-5-12-27)32-25(31-23)29-19-22-7-4-16-35-22/h8-11,22H,4-7,12-19,27H2,1-3H3,(H2,28,29,30,31,32). The molecule has 1 aliphatic rings. The largest absolute Gasteiger partial charge is 0.379 e. The Morgan fingerprint density at radius 1 is 0.943 bits per heavy atom. The van der Waals surface area contributed by atoms with Crippen LogP contribution in [0.1, 0.15) is 52.0 Å². The summed E-state index contributed by atoms with van der Waals surface area (Å²) in [4.78, 5) is 13.9. The number of nitrogens with one attached hydrogen (secondary N) is 2. The van der Waals surface area contributed by atoms with Gasteiger partial charge in [-0.05, 0) is 43.2 Å². The molecule has 9 heteroatoms. The Hall–Kier alpha value is -2.33. The van der Waals surface area contributed by atoms with Gasteiger partial charge in [0, 0.05) is 38.5 Å². The number of aromatic nitrogens is 3. The Kier molecular flexibility index (Phi) is 11.1. The molecule has 1 aromatic carbocycles. The van der Waals surface area contributed by atoms with Crippen molar-refractivity contribution in [2.24, 2.45) is 5.73 Å². The number of hydrogen-bond acceptors (Lipinski definition) is 9. The third kappa shape index (κ3) is 9.68. The highest BCUT2D eigenvalue weighted by Gasteiger charge is 2.17. The molecule has 3 rings (SSSR count). The molecule has 0 saturated carbocycles. The van der Waals surface area contributed by atoms with E-state index in [9.17, 15) is 0 Å². The van der Waals surface area contributed by atoms with Gasteiger partial charge in [0.15, 0.2) is 5.82 Å². The molecule has 1 atom stereocenters. The Balaban J connectivity index is 1.56. The van der Waals surface area contributed by atoms with Gasteiger partial charge < -0.3 is 30.6 Å². The molecule has 1 fully saturated rings. The van der Waals surface area contributed by atoms with Crippen molar-refractivity contribution in [3.05, 3.63) is 29.8 Å². The maximum atomic E-state index is 5.73. The fourth-order valence-corrected chi connectivity index (χ4v) is 3.67. The molecule has 0 spiro atoms. The Morgan fingerprint density at radius 2 is 1.63 bits per heavy atom. The van der Waals surface area contributed by atoms with Crippen LogP contribution in [0.4, 0.5) is 11.9 Å². The highest BCUT2D eigenvalue weighted by molar-refractivity contribution is 5.58. The first kappa shape index (κ1) is 27.3. The molecule has 1 aromatic heterocycles. The Labute approximate surface area is 209 Å². The Bertz CT molecular complexity index is 866. The van der Waals surface area contributed by atoms with Gasteiger partial charge in [0.05, 0.1) is 19.3 Å². The summed E-state index contributed by atoms with van der Waals surface area (Å²) in [7, 11) is 0. The van der Waals surface area contributed by atoms with E-state index in [0.29, 0.717) is 63.8 Å². The van der Waals surface area contributed by atoms with Crippen LogP contribution in [0.2, 0.25) is 0 Å². The van der Waals surface area contributed by atoms with Crippen molar-refractivity contribution < 1.29 is 14.2 Å². The first-order valence-corrected chi connectivity index (χ1v) is 12.8. The second kappa shape index (κ2) is 14.3. The van der Waals surface area contributed by atoms with Crippen molar-refractivity contribution >= 4 is 11.9 Å². The molecular weight excluding hydrogens is 444 g/mol. The summed E-state index contributed by atoms with van der Waals surface area (Å²) >= 11 is 0. The number of rotatable bonds is 15. The summed E-state index contributed by atoms with van der Waals surface area (Å²) in [5, 5.41) is 6.66. The molecule has 0 amide bonds. The van der Waals surface area contributed by atoms with E-state index < -0.39 is 0 Å². The quantitative estimate of drug-likeness (QED) is 0.325. The van der Waals surface area contributed by atoms with Crippen LogP contribution in [-0.4, -0.2) is 73.7 Å². The molecule has 2 aromatic rings. The van der Waals surface area contributed by atoms with E-state index in [2.05, 4.69) is 70.6 Å². The first-order valence-electron chi connectivity index (χ1n) is 12.8. The minimum absolute atomic E-state index is 0.0943. The second-order valence-electron chi connectivity index (χ2n) is 9.80. The lowest BCUT2D eigenvalue weighted by atomic mass is 9.87. The Morgan fingerprint density at radius 3 is 2.26 bits per heavy atom. The molecule has 2 heterocycles. The van der Waals surface area contributed by atoms with E-state index in [-0.39, 0.29) is 11.5 Å². The molecule has 1 unspecified atom stereocenters. The zero-order valence-electron chi connectivity index (χ0n) is 21.5. The molecule has 0 radical (unpaired) electrons. The second-order valence-corrected chi connectivity index (χ2v) is 9.80. The van der Waals surface area contributed by atoms with Crippen LogP contribution in [0.15, 0.2) is 24.3 Å². The van der Waals surface area contributed by atoms with Gasteiger partial charge in [0.1, 0.15) is 0 Å². The number of nitrogens with two attached hydrogens (primary N) is 1. The van der Waals surface area contributed by atoms with E-state index >= 15 is 0 Å². The summed E-state index contributed by atoms with van der Waals surface area (Å²) < 4.78 is 16.8. The van der Waals surface area contributed by atoms with Crippen molar-refractivity contribution in [1.29, 1.82) is 0 Å². The van der Waals surface area contributed by atoms with Crippen LogP contribution in [0, 0.1) is 0 Å². The summed E-state index contributed by atoms with van der Waals surface area (Å²) in [6.45, 7) is 12.0. The summed E-state index contributed by atoms with van der Waals surface area (Å²) in [6.07, 6.45) is 4.08. The van der Waals surface area contributed by atoms with Crippen molar-refractivity contribution in [2.45, 2.75) is 58.0 Å². The topological polar surface area (TPSA) is 116 Å². The van der Waals surface area contributed by atoms with Crippen molar-refractivity contribution in [3.8, 4) is 11.4 Å². The molecule has 0 bridgehead atoms. The van der Waals surface area contributed by atoms with Crippen LogP contribution in [0.5, 0.6) is 0 Å². The first-order chi connectivity index (χ1) is 17.0. The van der Waals surface area contributed by atoms with Crippen LogP contribution >= 0.6 is 0 Å². The minimum atomic E-state index is 0.0943. The lowest BCUT2D eigenvalue weighted by molar-refractivity contribution is 0.0474. The summed E-state index contributed by atoms with van der Waals surface area (Å²) in [5.74, 6) is 1.75. The number of anilines is 2. The fraction of sp³-hybridized carbons (Fsp3) is 0.654. The van der Waals surface area contributed by atoms with Crippen molar-refractivity contribution in [1.82, 2.24) is 15.0 Å². The lowest BCUT2D eigenvalue weighted by Gasteiger charge is -2.19. The zero-order valence-corrected chi connectivity index (χ0v) is 21.5. The van der Waals surface area contributed by atoms with E-state index in [0.717, 1.165) is 37.9 Å². The van der Waals surface area contributed by atoms with Crippen molar-refractivity contribution in [2.75, 3.05) is 63.3 Å². The van der Waals surface area contributed by atoms with Crippen LogP contribution < -0.4 is 16.4 Å². The average Bonchev–Trinajstić information content (AvgIpc) is 3.37. The maximum Gasteiger partial charge on any atom is 0.228 e. The molecule has 1 aliphatic heterocycles. The third-order valence-electron chi connectivity index (χ3n) is 5.77. The van der Waals surface area contributed by atoms with E-state index in [1.807, 2.05) is 0 Å². The SMILES string of the molecule is CC(C)(C)c1ccc(-c2nc(NCCCOCCOCCCN)nc(NCC3CCCO3)n2)cc1.